The Bertz CT molecular complexity index is 453. The zero-order valence-corrected chi connectivity index (χ0v) is 11.2. The van der Waals surface area contributed by atoms with E-state index in [1.54, 1.807) is 0 Å². The molecule has 0 radical (unpaired) electrons. The zero-order valence-electron chi connectivity index (χ0n) is 11.2. The summed E-state index contributed by atoms with van der Waals surface area (Å²) in [6.07, 6.45) is -0.909. The molecule has 108 valence electrons. The Kier molecular flexibility index (Phi) is 5.05. The number of benzene rings is 1. The Morgan fingerprint density at radius 2 is 2.05 bits per heavy atom. The number of nitrogens with one attached hydrogen (secondary N) is 1. The van der Waals surface area contributed by atoms with E-state index in [2.05, 4.69) is 11.4 Å². The molecule has 1 aliphatic carbocycles. The molecular weight excluding hydrogens is 262 g/mol. The third kappa shape index (κ3) is 3.53. The van der Waals surface area contributed by atoms with Gasteiger partial charge in [-0.1, -0.05) is 30.3 Å². The lowest BCUT2D eigenvalue weighted by molar-refractivity contribution is 0.0170. The van der Waals surface area contributed by atoms with Crippen molar-refractivity contribution in [3.05, 3.63) is 35.9 Å². The Labute approximate surface area is 117 Å². The highest BCUT2D eigenvalue weighted by Gasteiger charge is 2.45. The van der Waals surface area contributed by atoms with Gasteiger partial charge in [-0.3, -0.25) is 0 Å². The SMILES string of the molecule is N#CC1(c2ccccc2)CC(NCCOCC(F)F)C1. The molecule has 0 unspecified atom stereocenters. The van der Waals surface area contributed by atoms with Crippen LogP contribution in [0.4, 0.5) is 8.78 Å². The van der Waals surface area contributed by atoms with Crippen LogP contribution in [0.25, 0.3) is 0 Å². The first-order valence-corrected chi connectivity index (χ1v) is 6.72. The summed E-state index contributed by atoms with van der Waals surface area (Å²) >= 11 is 0. The van der Waals surface area contributed by atoms with E-state index < -0.39 is 18.4 Å². The van der Waals surface area contributed by atoms with Gasteiger partial charge in [-0.05, 0) is 18.4 Å². The number of nitrogens with zero attached hydrogens (tertiary/aromatic N) is 1. The van der Waals surface area contributed by atoms with Crippen molar-refractivity contribution in [3.63, 3.8) is 0 Å². The predicted molar refractivity (Wildman–Crippen MR) is 71.6 cm³/mol. The van der Waals surface area contributed by atoms with Gasteiger partial charge in [0.05, 0.1) is 18.1 Å². The summed E-state index contributed by atoms with van der Waals surface area (Å²) in [5, 5.41) is 12.6. The largest absolute Gasteiger partial charge is 0.374 e. The lowest BCUT2D eigenvalue weighted by Crippen LogP contribution is -2.51. The average Bonchev–Trinajstić information content (AvgIpc) is 2.41. The second-order valence-corrected chi connectivity index (χ2v) is 5.09. The van der Waals surface area contributed by atoms with Gasteiger partial charge in [0, 0.05) is 12.6 Å². The fourth-order valence-corrected chi connectivity index (χ4v) is 2.58. The van der Waals surface area contributed by atoms with E-state index in [4.69, 9.17) is 4.74 Å². The Hall–Kier alpha value is -1.51. The summed E-state index contributed by atoms with van der Waals surface area (Å²) in [7, 11) is 0. The van der Waals surface area contributed by atoms with Crippen molar-refractivity contribution >= 4 is 0 Å². The van der Waals surface area contributed by atoms with Crippen LogP contribution in [-0.4, -0.2) is 32.2 Å². The molecule has 2 rings (SSSR count). The van der Waals surface area contributed by atoms with E-state index in [0.29, 0.717) is 6.54 Å². The van der Waals surface area contributed by atoms with Crippen LogP contribution in [0.15, 0.2) is 30.3 Å². The smallest absolute Gasteiger partial charge is 0.261 e. The molecule has 0 amide bonds. The molecule has 1 saturated carbocycles. The van der Waals surface area contributed by atoms with E-state index >= 15 is 0 Å². The lowest BCUT2D eigenvalue weighted by Gasteiger charge is -2.43. The molecule has 5 heteroatoms. The highest BCUT2D eigenvalue weighted by atomic mass is 19.3. The summed E-state index contributed by atoms with van der Waals surface area (Å²) in [5.41, 5.74) is 0.650. The number of hydrogen-bond donors (Lipinski definition) is 1. The summed E-state index contributed by atoms with van der Waals surface area (Å²) < 4.78 is 28.5. The number of alkyl halides is 2. The minimum atomic E-state index is -2.41. The number of hydrogen-bond acceptors (Lipinski definition) is 3. The summed E-state index contributed by atoms with van der Waals surface area (Å²) in [6.45, 7) is 0.290. The molecule has 1 aromatic rings. The average molecular weight is 280 g/mol. The second-order valence-electron chi connectivity index (χ2n) is 5.09. The highest BCUT2D eigenvalue weighted by molar-refractivity contribution is 5.36. The Balaban J connectivity index is 1.72. The van der Waals surface area contributed by atoms with Crippen LogP contribution in [0, 0.1) is 11.3 Å². The van der Waals surface area contributed by atoms with E-state index in [-0.39, 0.29) is 12.6 Å². The van der Waals surface area contributed by atoms with Crippen LogP contribution in [0.2, 0.25) is 0 Å². The van der Waals surface area contributed by atoms with Crippen molar-refractivity contribution in [2.75, 3.05) is 19.8 Å². The quantitative estimate of drug-likeness (QED) is 0.780. The monoisotopic (exact) mass is 280 g/mol. The molecule has 0 aromatic heterocycles. The first-order chi connectivity index (χ1) is 9.66. The Morgan fingerprint density at radius 3 is 2.65 bits per heavy atom. The van der Waals surface area contributed by atoms with Crippen LogP contribution < -0.4 is 5.32 Å². The maximum absolute atomic E-state index is 11.9. The number of rotatable bonds is 7. The zero-order chi connectivity index (χ0) is 14.4. The van der Waals surface area contributed by atoms with Crippen LogP contribution in [0.3, 0.4) is 0 Å². The van der Waals surface area contributed by atoms with Crippen molar-refractivity contribution in [1.29, 1.82) is 5.26 Å². The van der Waals surface area contributed by atoms with Gasteiger partial charge in [0.15, 0.2) is 0 Å². The van der Waals surface area contributed by atoms with Crippen LogP contribution >= 0.6 is 0 Å². The highest BCUT2D eigenvalue weighted by Crippen LogP contribution is 2.43. The predicted octanol–water partition coefficient (Wildman–Crippen LogP) is 2.48. The summed E-state index contributed by atoms with van der Waals surface area (Å²) in [4.78, 5) is 0. The standard InChI is InChI=1S/C15H18F2N2O/c16-14(17)10-20-7-6-19-13-8-15(9-13,11-18)12-4-2-1-3-5-12/h1-5,13-14,19H,6-10H2. The van der Waals surface area contributed by atoms with Crippen LogP contribution in [0.1, 0.15) is 18.4 Å². The molecule has 0 atom stereocenters. The van der Waals surface area contributed by atoms with Crippen molar-refractivity contribution in [3.8, 4) is 6.07 Å². The maximum atomic E-state index is 11.9. The lowest BCUT2D eigenvalue weighted by atomic mass is 9.62. The van der Waals surface area contributed by atoms with Gasteiger partial charge < -0.3 is 10.1 Å². The van der Waals surface area contributed by atoms with Crippen molar-refractivity contribution in [2.24, 2.45) is 0 Å². The van der Waals surface area contributed by atoms with Gasteiger partial charge in [0.2, 0.25) is 0 Å². The maximum Gasteiger partial charge on any atom is 0.261 e. The van der Waals surface area contributed by atoms with Gasteiger partial charge >= 0.3 is 0 Å². The molecule has 1 fully saturated rings. The van der Waals surface area contributed by atoms with E-state index in [1.807, 2.05) is 30.3 Å². The van der Waals surface area contributed by atoms with Gasteiger partial charge in [0.25, 0.3) is 6.43 Å². The minimum absolute atomic E-state index is 0.255. The van der Waals surface area contributed by atoms with Crippen molar-refractivity contribution in [1.82, 2.24) is 5.32 Å². The molecule has 0 bridgehead atoms. The molecule has 1 aromatic carbocycles. The van der Waals surface area contributed by atoms with E-state index in [1.165, 1.54) is 0 Å². The molecule has 0 aliphatic heterocycles. The molecule has 1 aliphatic rings. The first kappa shape index (κ1) is 14.9. The van der Waals surface area contributed by atoms with Crippen molar-refractivity contribution < 1.29 is 13.5 Å². The van der Waals surface area contributed by atoms with Crippen LogP contribution in [0.5, 0.6) is 0 Å². The third-order valence-electron chi connectivity index (χ3n) is 3.65. The molecular formula is C15H18F2N2O. The topological polar surface area (TPSA) is 45.0 Å². The van der Waals surface area contributed by atoms with Gasteiger partial charge in [-0.15, -0.1) is 0 Å². The van der Waals surface area contributed by atoms with Crippen molar-refractivity contribution in [2.45, 2.75) is 30.7 Å². The molecule has 0 saturated heterocycles. The summed E-state index contributed by atoms with van der Waals surface area (Å²) in [6, 6.07) is 12.4. The third-order valence-corrected chi connectivity index (χ3v) is 3.65. The van der Waals surface area contributed by atoms with Gasteiger partial charge in [-0.25, -0.2) is 8.78 Å². The molecule has 20 heavy (non-hydrogen) atoms. The Morgan fingerprint density at radius 1 is 1.35 bits per heavy atom. The van der Waals surface area contributed by atoms with Crippen LogP contribution in [-0.2, 0) is 10.2 Å². The fourth-order valence-electron chi connectivity index (χ4n) is 2.58. The number of nitriles is 1. The first-order valence-electron chi connectivity index (χ1n) is 6.72. The van der Waals surface area contributed by atoms with E-state index in [0.717, 1.165) is 18.4 Å². The van der Waals surface area contributed by atoms with Gasteiger partial charge in [-0.2, -0.15) is 5.26 Å². The minimum Gasteiger partial charge on any atom is -0.374 e. The number of ether oxygens (including phenoxy) is 1. The molecule has 3 nitrogen and oxygen atoms in total. The van der Waals surface area contributed by atoms with Gasteiger partial charge in [0.1, 0.15) is 6.61 Å². The van der Waals surface area contributed by atoms with E-state index in [9.17, 15) is 14.0 Å². The molecule has 0 spiro atoms. The number of halogens is 2. The molecule has 1 N–H and O–H groups in total. The summed E-state index contributed by atoms with van der Waals surface area (Å²) in [5.74, 6) is 0. The normalized spacial score (nSPS) is 25.2. The fraction of sp³-hybridized carbons (Fsp3) is 0.533. The second kappa shape index (κ2) is 6.78. The molecule has 0 heterocycles.